The van der Waals surface area contributed by atoms with Crippen LogP contribution in [0.25, 0.3) is 0 Å². The maximum atomic E-state index is 12.8. The number of fused-ring (bicyclic) bond motifs is 1. The van der Waals surface area contributed by atoms with E-state index >= 15 is 0 Å². The van der Waals surface area contributed by atoms with E-state index in [1.165, 1.54) is 17.5 Å². The zero-order chi connectivity index (χ0) is 19.4. The van der Waals surface area contributed by atoms with Crippen molar-refractivity contribution in [3.63, 3.8) is 0 Å². The van der Waals surface area contributed by atoms with Crippen LogP contribution in [0, 0.1) is 0 Å². The summed E-state index contributed by atoms with van der Waals surface area (Å²) in [5.74, 6) is 0.471. The normalized spacial score (nSPS) is 15.0. The summed E-state index contributed by atoms with van der Waals surface area (Å²) in [6.45, 7) is 9.74. The van der Waals surface area contributed by atoms with Gasteiger partial charge in [0.1, 0.15) is 0 Å². The highest BCUT2D eigenvalue weighted by molar-refractivity contribution is 7.90. The molecule has 154 valence electrons. The van der Waals surface area contributed by atoms with E-state index in [9.17, 15) is 8.42 Å². The maximum absolute atomic E-state index is 12.8. The molecule has 0 amide bonds. The Morgan fingerprint density at radius 2 is 1.61 bits per heavy atom. The Kier molecular flexibility index (Phi) is 8.11. The molecule has 5 heteroatoms. The summed E-state index contributed by atoms with van der Waals surface area (Å²) in [6, 6.07) is 13.6. The topological polar surface area (TPSA) is 37.4 Å². The minimum absolute atomic E-state index is 0. The highest BCUT2D eigenvalue weighted by atomic mass is 35.5. The van der Waals surface area contributed by atoms with Gasteiger partial charge in [0.15, 0.2) is 9.84 Å². The number of rotatable bonds is 6. The van der Waals surface area contributed by atoms with E-state index in [0.717, 1.165) is 43.6 Å². The summed E-state index contributed by atoms with van der Waals surface area (Å²) in [5.41, 5.74) is 4.74. The van der Waals surface area contributed by atoms with Crippen molar-refractivity contribution in [3.05, 3.63) is 64.7 Å². The molecular formula is C23H32ClNO2S. The van der Waals surface area contributed by atoms with Crippen LogP contribution in [-0.2, 0) is 28.4 Å². The molecule has 0 aromatic heterocycles. The molecule has 0 fully saturated rings. The summed E-state index contributed by atoms with van der Waals surface area (Å²) in [6.07, 6.45) is 3.24. The molecule has 0 saturated heterocycles. The molecular weight excluding hydrogens is 390 g/mol. The largest absolute Gasteiger partial charge is 0.303 e. The van der Waals surface area contributed by atoms with E-state index in [1.807, 2.05) is 18.2 Å². The molecule has 28 heavy (non-hydrogen) atoms. The summed E-state index contributed by atoms with van der Waals surface area (Å²) < 4.78 is 25.7. The van der Waals surface area contributed by atoms with Crippen molar-refractivity contribution in [2.75, 3.05) is 19.6 Å². The van der Waals surface area contributed by atoms with Crippen LogP contribution in [0.4, 0.5) is 0 Å². The number of benzene rings is 2. The fraction of sp³-hybridized carbons (Fsp3) is 0.478. The molecule has 3 rings (SSSR count). The number of sulfone groups is 1. The molecule has 2 aromatic rings. The average molecular weight is 422 g/mol. The van der Waals surface area contributed by atoms with Crippen molar-refractivity contribution in [2.45, 2.75) is 56.6 Å². The van der Waals surface area contributed by atoms with E-state index in [0.29, 0.717) is 10.8 Å². The van der Waals surface area contributed by atoms with Gasteiger partial charge in [0.2, 0.25) is 0 Å². The van der Waals surface area contributed by atoms with Crippen LogP contribution in [0.15, 0.2) is 47.4 Å². The van der Waals surface area contributed by atoms with E-state index in [-0.39, 0.29) is 18.2 Å². The molecule has 1 aliphatic heterocycles. The fourth-order valence-electron chi connectivity index (χ4n) is 3.82. The molecule has 0 spiro atoms. The van der Waals surface area contributed by atoms with Crippen LogP contribution in [-0.4, -0.2) is 33.0 Å². The van der Waals surface area contributed by atoms with Gasteiger partial charge in [-0.3, -0.25) is 0 Å². The predicted molar refractivity (Wildman–Crippen MR) is 119 cm³/mol. The monoisotopic (exact) mass is 421 g/mol. The lowest BCUT2D eigenvalue weighted by molar-refractivity contribution is 0.288. The maximum Gasteiger partial charge on any atom is 0.182 e. The molecule has 0 atom stereocenters. The summed E-state index contributed by atoms with van der Waals surface area (Å²) >= 11 is 0. The first-order valence-electron chi connectivity index (χ1n) is 10.0. The van der Waals surface area contributed by atoms with Crippen molar-refractivity contribution in [1.29, 1.82) is 0 Å². The van der Waals surface area contributed by atoms with Crippen LogP contribution >= 0.6 is 12.4 Å². The Bertz CT molecular complexity index is 876. The van der Waals surface area contributed by atoms with Gasteiger partial charge in [-0.15, -0.1) is 12.4 Å². The smallest absolute Gasteiger partial charge is 0.182 e. The van der Waals surface area contributed by atoms with E-state index in [4.69, 9.17) is 0 Å². The van der Waals surface area contributed by atoms with Crippen molar-refractivity contribution in [2.24, 2.45) is 0 Å². The van der Waals surface area contributed by atoms with Gasteiger partial charge in [0.25, 0.3) is 0 Å². The number of nitrogens with zero attached hydrogens (tertiary/aromatic N) is 1. The van der Waals surface area contributed by atoms with Gasteiger partial charge in [-0.1, -0.05) is 51.1 Å². The molecule has 1 aliphatic rings. The van der Waals surface area contributed by atoms with E-state index in [1.54, 1.807) is 12.1 Å². The molecule has 0 saturated carbocycles. The molecule has 2 aromatic carbocycles. The lowest BCUT2D eigenvalue weighted by Gasteiger charge is -2.18. The van der Waals surface area contributed by atoms with Crippen LogP contribution in [0.1, 0.15) is 55.4 Å². The minimum atomic E-state index is -3.32. The van der Waals surface area contributed by atoms with Crippen LogP contribution in [0.2, 0.25) is 0 Å². The van der Waals surface area contributed by atoms with E-state index in [2.05, 4.69) is 37.8 Å². The Morgan fingerprint density at radius 3 is 2.21 bits per heavy atom. The Balaban J connectivity index is 0.00000280. The van der Waals surface area contributed by atoms with Gasteiger partial charge < -0.3 is 4.90 Å². The van der Waals surface area contributed by atoms with Crippen LogP contribution in [0.3, 0.4) is 0 Å². The Hall–Kier alpha value is -1.36. The molecule has 3 nitrogen and oxygen atoms in total. The lowest BCUT2D eigenvalue weighted by atomic mass is 10.0. The average Bonchev–Trinajstić information content (AvgIpc) is 2.84. The second-order valence-corrected chi connectivity index (χ2v) is 9.92. The van der Waals surface area contributed by atoms with Crippen molar-refractivity contribution in [3.8, 4) is 0 Å². The minimum Gasteiger partial charge on any atom is -0.303 e. The first-order chi connectivity index (χ1) is 12.9. The quantitative estimate of drug-likeness (QED) is 0.657. The number of hydrogen-bond donors (Lipinski definition) is 0. The molecule has 1 heterocycles. The van der Waals surface area contributed by atoms with Gasteiger partial charge in [-0.25, -0.2) is 8.42 Å². The predicted octanol–water partition coefficient (Wildman–Crippen LogP) is 5.02. The number of halogens is 1. The fourth-order valence-corrected chi connectivity index (χ4v) is 5.15. The highest BCUT2D eigenvalue weighted by Crippen LogP contribution is 2.23. The van der Waals surface area contributed by atoms with Gasteiger partial charge >= 0.3 is 0 Å². The molecule has 0 N–H and O–H groups in total. The first kappa shape index (κ1) is 22.9. The molecule has 0 aliphatic carbocycles. The molecule has 0 unspecified atom stereocenters. The third-order valence-electron chi connectivity index (χ3n) is 5.47. The van der Waals surface area contributed by atoms with E-state index < -0.39 is 9.84 Å². The Morgan fingerprint density at radius 1 is 0.964 bits per heavy atom. The lowest BCUT2D eigenvalue weighted by Crippen LogP contribution is -2.27. The van der Waals surface area contributed by atoms with Crippen molar-refractivity contribution in [1.82, 2.24) is 4.90 Å². The highest BCUT2D eigenvalue weighted by Gasteiger charge is 2.18. The zero-order valence-electron chi connectivity index (χ0n) is 17.1. The number of hydrogen-bond acceptors (Lipinski definition) is 3. The standard InChI is InChI=1S/C23H31NO2S.ClH/c1-4-13-24-14-11-21-6-5-19(16-22(21)12-15-24)17-27(25,26)23-9-7-20(8-10-23)18(2)3;/h5-10,16,18H,4,11-15,17H2,1-3H3;1H. The van der Waals surface area contributed by atoms with Crippen LogP contribution in [0.5, 0.6) is 0 Å². The SMILES string of the molecule is CCCN1CCc2ccc(CS(=O)(=O)c3ccc(C(C)C)cc3)cc2CC1.Cl. The van der Waals surface area contributed by atoms with Gasteiger partial charge in [-0.2, -0.15) is 0 Å². The zero-order valence-corrected chi connectivity index (χ0v) is 18.8. The van der Waals surface area contributed by atoms with Crippen molar-refractivity contribution >= 4 is 22.2 Å². The third kappa shape index (κ3) is 5.59. The molecule has 0 bridgehead atoms. The second-order valence-electron chi connectivity index (χ2n) is 7.93. The van der Waals surface area contributed by atoms with Gasteiger partial charge in [-0.05, 0) is 66.1 Å². The summed E-state index contributed by atoms with van der Waals surface area (Å²) in [7, 11) is -3.32. The second kappa shape index (κ2) is 9.91. The Labute approximate surface area is 176 Å². The van der Waals surface area contributed by atoms with Gasteiger partial charge in [0.05, 0.1) is 10.6 Å². The van der Waals surface area contributed by atoms with Crippen LogP contribution < -0.4 is 0 Å². The summed E-state index contributed by atoms with van der Waals surface area (Å²) in [5, 5.41) is 0. The van der Waals surface area contributed by atoms with Gasteiger partial charge in [0, 0.05) is 13.1 Å². The molecule has 0 radical (unpaired) electrons. The summed E-state index contributed by atoms with van der Waals surface area (Å²) in [4.78, 5) is 2.92. The first-order valence-corrected chi connectivity index (χ1v) is 11.7. The third-order valence-corrected chi connectivity index (χ3v) is 7.17. The van der Waals surface area contributed by atoms with Crippen molar-refractivity contribution < 1.29 is 8.42 Å².